The lowest BCUT2D eigenvalue weighted by atomic mass is 10.1. The minimum absolute atomic E-state index is 0.0758. The van der Waals surface area contributed by atoms with Crippen molar-refractivity contribution >= 4 is 40.2 Å². The lowest BCUT2D eigenvalue weighted by Crippen LogP contribution is -2.32. The number of nitrogens with one attached hydrogen (secondary N) is 1. The van der Waals surface area contributed by atoms with E-state index < -0.39 is 0 Å². The molecule has 1 aromatic heterocycles. The maximum atomic E-state index is 13.3. The number of hydrogen-bond donors (Lipinski definition) is 1. The Bertz CT molecular complexity index is 1190. The van der Waals surface area contributed by atoms with Gasteiger partial charge in [0, 0.05) is 28.9 Å². The van der Waals surface area contributed by atoms with Crippen molar-refractivity contribution in [3.63, 3.8) is 0 Å². The first-order valence-corrected chi connectivity index (χ1v) is 12.5. The van der Waals surface area contributed by atoms with Gasteiger partial charge < -0.3 is 5.32 Å². The predicted molar refractivity (Wildman–Crippen MR) is 132 cm³/mol. The zero-order valence-corrected chi connectivity index (χ0v) is 20.0. The van der Waals surface area contributed by atoms with Crippen molar-refractivity contribution in [3.8, 4) is 0 Å². The van der Waals surface area contributed by atoms with Crippen molar-refractivity contribution in [1.29, 1.82) is 0 Å². The fraction of sp³-hybridized carbons (Fsp3) is 0.400. The lowest BCUT2D eigenvalue weighted by molar-refractivity contribution is 0.0938. The maximum Gasteiger partial charge on any atom is 0.262 e. The van der Waals surface area contributed by atoms with Gasteiger partial charge in [-0.15, -0.1) is 0 Å². The van der Waals surface area contributed by atoms with E-state index in [-0.39, 0.29) is 17.5 Å². The first-order chi connectivity index (χ1) is 15.4. The maximum absolute atomic E-state index is 13.3. The van der Waals surface area contributed by atoms with Gasteiger partial charge in [-0.3, -0.25) is 14.2 Å². The molecule has 0 bridgehead atoms. The van der Waals surface area contributed by atoms with Crippen LogP contribution in [0.3, 0.4) is 0 Å². The Balaban J connectivity index is 1.68. The van der Waals surface area contributed by atoms with Gasteiger partial charge in [-0.1, -0.05) is 68.3 Å². The molecule has 168 valence electrons. The second-order valence-corrected chi connectivity index (χ2v) is 10.1. The van der Waals surface area contributed by atoms with Gasteiger partial charge in [0.15, 0.2) is 5.16 Å². The van der Waals surface area contributed by atoms with Crippen LogP contribution in [0, 0.1) is 5.92 Å². The van der Waals surface area contributed by atoms with Crippen LogP contribution in [0.5, 0.6) is 0 Å². The summed E-state index contributed by atoms with van der Waals surface area (Å²) in [5.74, 6) is 0.803. The summed E-state index contributed by atoms with van der Waals surface area (Å²) in [5.41, 5.74) is 2.01. The molecule has 1 aliphatic carbocycles. The van der Waals surface area contributed by atoms with E-state index in [0.29, 0.717) is 44.9 Å². The van der Waals surface area contributed by atoms with Crippen molar-refractivity contribution in [1.82, 2.24) is 14.9 Å². The summed E-state index contributed by atoms with van der Waals surface area (Å²) in [5, 5.41) is 4.98. The Hall–Kier alpha value is -2.31. The number of halogens is 1. The summed E-state index contributed by atoms with van der Waals surface area (Å²) in [6.07, 6.45) is 4.37. The number of aromatic nitrogens is 2. The minimum atomic E-state index is -0.0998. The SMILES string of the molecule is CC(C)Cn1c(SCc2ccccc2Cl)nc2cc(C(=O)NC3CCCC3)ccc2c1=O. The van der Waals surface area contributed by atoms with Crippen LogP contribution in [0.2, 0.25) is 5.02 Å². The van der Waals surface area contributed by atoms with E-state index in [0.717, 1.165) is 31.2 Å². The van der Waals surface area contributed by atoms with E-state index in [4.69, 9.17) is 16.6 Å². The fourth-order valence-corrected chi connectivity index (χ4v) is 5.37. The highest BCUT2D eigenvalue weighted by atomic mass is 35.5. The van der Waals surface area contributed by atoms with Gasteiger partial charge in [0.1, 0.15) is 0 Å². The Kier molecular flexibility index (Phi) is 7.21. The van der Waals surface area contributed by atoms with Crippen LogP contribution in [-0.4, -0.2) is 21.5 Å². The molecule has 0 saturated heterocycles. The quantitative estimate of drug-likeness (QED) is 0.357. The third kappa shape index (κ3) is 5.18. The number of carbonyl (C=O) groups is 1. The topological polar surface area (TPSA) is 64.0 Å². The monoisotopic (exact) mass is 469 g/mol. The zero-order chi connectivity index (χ0) is 22.7. The highest BCUT2D eigenvalue weighted by molar-refractivity contribution is 7.98. The fourth-order valence-electron chi connectivity index (χ4n) is 4.07. The molecule has 0 atom stereocenters. The molecule has 0 spiro atoms. The Morgan fingerprint density at radius 3 is 2.69 bits per heavy atom. The molecule has 4 rings (SSSR count). The molecule has 1 N–H and O–H groups in total. The summed E-state index contributed by atoms with van der Waals surface area (Å²) in [6, 6.07) is 13.1. The number of thioether (sulfide) groups is 1. The normalized spacial score (nSPS) is 14.4. The van der Waals surface area contributed by atoms with Crippen molar-refractivity contribution < 1.29 is 4.79 Å². The number of fused-ring (bicyclic) bond motifs is 1. The highest BCUT2D eigenvalue weighted by Crippen LogP contribution is 2.27. The molecular weight excluding hydrogens is 442 g/mol. The van der Waals surface area contributed by atoms with Crippen LogP contribution in [0.15, 0.2) is 52.4 Å². The average molecular weight is 470 g/mol. The minimum Gasteiger partial charge on any atom is -0.349 e. The van der Waals surface area contributed by atoms with Crippen molar-refractivity contribution in [2.24, 2.45) is 5.92 Å². The van der Waals surface area contributed by atoms with Gasteiger partial charge in [0.25, 0.3) is 11.5 Å². The van der Waals surface area contributed by atoms with Crippen molar-refractivity contribution in [2.45, 2.75) is 63.0 Å². The molecule has 0 unspecified atom stereocenters. The Morgan fingerprint density at radius 1 is 1.22 bits per heavy atom. The third-order valence-corrected chi connectivity index (χ3v) is 7.13. The Labute approximate surface area is 197 Å². The van der Waals surface area contributed by atoms with Crippen LogP contribution in [0.4, 0.5) is 0 Å². The molecule has 5 nitrogen and oxygen atoms in total. The van der Waals surface area contributed by atoms with Crippen LogP contribution >= 0.6 is 23.4 Å². The van der Waals surface area contributed by atoms with E-state index in [9.17, 15) is 9.59 Å². The number of benzene rings is 2. The summed E-state index contributed by atoms with van der Waals surface area (Å²) < 4.78 is 1.74. The Morgan fingerprint density at radius 2 is 1.97 bits per heavy atom. The van der Waals surface area contributed by atoms with Gasteiger partial charge in [-0.25, -0.2) is 4.98 Å². The van der Waals surface area contributed by atoms with Gasteiger partial charge in [-0.05, 0) is 48.6 Å². The molecule has 2 aromatic carbocycles. The number of hydrogen-bond acceptors (Lipinski definition) is 4. The number of amides is 1. The summed E-state index contributed by atoms with van der Waals surface area (Å²) in [6.45, 7) is 4.74. The van der Waals surface area contributed by atoms with E-state index in [1.54, 1.807) is 22.8 Å². The summed E-state index contributed by atoms with van der Waals surface area (Å²) in [7, 11) is 0. The van der Waals surface area contributed by atoms with Crippen LogP contribution < -0.4 is 10.9 Å². The molecule has 0 aliphatic heterocycles. The lowest BCUT2D eigenvalue weighted by Gasteiger charge is -2.16. The van der Waals surface area contributed by atoms with Crippen LogP contribution in [0.1, 0.15) is 55.5 Å². The molecule has 1 amide bonds. The van der Waals surface area contributed by atoms with E-state index >= 15 is 0 Å². The number of nitrogens with zero attached hydrogens (tertiary/aromatic N) is 2. The molecule has 7 heteroatoms. The third-order valence-electron chi connectivity index (χ3n) is 5.74. The molecule has 32 heavy (non-hydrogen) atoms. The van der Waals surface area contributed by atoms with Gasteiger partial charge in [0.05, 0.1) is 10.9 Å². The van der Waals surface area contributed by atoms with Crippen molar-refractivity contribution in [2.75, 3.05) is 0 Å². The smallest absolute Gasteiger partial charge is 0.262 e. The zero-order valence-electron chi connectivity index (χ0n) is 18.4. The molecule has 1 heterocycles. The second-order valence-electron chi connectivity index (χ2n) is 8.77. The van der Waals surface area contributed by atoms with Crippen molar-refractivity contribution in [3.05, 3.63) is 69.0 Å². The molecule has 3 aromatic rings. The van der Waals surface area contributed by atoms with Gasteiger partial charge in [-0.2, -0.15) is 0 Å². The van der Waals surface area contributed by atoms with E-state index in [2.05, 4.69) is 19.2 Å². The molecule has 1 aliphatic rings. The molecule has 1 saturated carbocycles. The molecule has 1 fully saturated rings. The van der Waals surface area contributed by atoms with Crippen LogP contribution in [0.25, 0.3) is 10.9 Å². The van der Waals surface area contributed by atoms with Gasteiger partial charge in [0.2, 0.25) is 0 Å². The summed E-state index contributed by atoms with van der Waals surface area (Å²) >= 11 is 7.81. The summed E-state index contributed by atoms with van der Waals surface area (Å²) in [4.78, 5) is 30.9. The highest BCUT2D eigenvalue weighted by Gasteiger charge is 2.19. The predicted octanol–water partition coefficient (Wildman–Crippen LogP) is 5.67. The second kappa shape index (κ2) is 10.1. The van der Waals surface area contributed by atoms with E-state index in [1.807, 2.05) is 24.3 Å². The largest absolute Gasteiger partial charge is 0.349 e. The first-order valence-electron chi connectivity index (χ1n) is 11.1. The van der Waals surface area contributed by atoms with E-state index in [1.165, 1.54) is 11.8 Å². The molecular formula is C25H28ClN3O2S. The standard InChI is InChI=1S/C25H28ClN3O2S/c1-16(2)14-29-24(31)20-12-11-17(23(30)27-19-8-4-5-9-19)13-22(20)28-25(29)32-15-18-7-3-6-10-21(18)26/h3,6-7,10-13,16,19H,4-5,8-9,14-15H2,1-2H3,(H,27,30). The van der Waals surface area contributed by atoms with Gasteiger partial charge >= 0.3 is 0 Å². The van der Waals surface area contributed by atoms with Crippen LogP contribution in [-0.2, 0) is 12.3 Å². The molecule has 0 radical (unpaired) electrons. The number of rotatable bonds is 7. The first kappa shape index (κ1) is 22.9. The number of carbonyl (C=O) groups excluding carboxylic acids is 1. The average Bonchev–Trinajstić information content (AvgIpc) is 3.28.